The molecule has 3 aromatic rings. The van der Waals surface area contributed by atoms with E-state index in [0.29, 0.717) is 0 Å². The average molecular weight is 485 g/mol. The van der Waals surface area contributed by atoms with Crippen LogP contribution in [0.3, 0.4) is 0 Å². The van der Waals surface area contributed by atoms with Crippen molar-refractivity contribution in [3.63, 3.8) is 0 Å². The number of nitrogens with zero attached hydrogens (tertiary/aromatic N) is 1. The van der Waals surface area contributed by atoms with Crippen molar-refractivity contribution in [2.45, 2.75) is 20.5 Å². The average Bonchev–Trinajstić information content (AvgIpc) is 2.72. The van der Waals surface area contributed by atoms with Gasteiger partial charge in [0, 0.05) is 17.3 Å². The summed E-state index contributed by atoms with van der Waals surface area (Å²) in [7, 11) is 0. The predicted molar refractivity (Wildman–Crippen MR) is 108 cm³/mol. The van der Waals surface area contributed by atoms with Crippen molar-refractivity contribution in [3.05, 3.63) is 67.2 Å². The van der Waals surface area contributed by atoms with E-state index in [0.717, 1.165) is 18.3 Å². The molecule has 0 aliphatic rings. The predicted octanol–water partition coefficient (Wildman–Crippen LogP) is 3.73. The van der Waals surface area contributed by atoms with Crippen molar-refractivity contribution in [3.8, 4) is 5.69 Å². The standard InChI is InChI=1S/C20H16BrF3N2O4/c1-3-30-20(29)10-6-26(13-5-12(25)11(22)4-9(13)7-27)18-8(2)16(23)17(24)15(21)14(18)19(10)28/h4-6,27H,3,7,25H2,1-2H3. The normalized spacial score (nSPS) is 11.2. The van der Waals surface area contributed by atoms with Crippen LogP contribution < -0.4 is 11.2 Å². The van der Waals surface area contributed by atoms with Crippen LogP contribution in [0.2, 0.25) is 0 Å². The second kappa shape index (κ2) is 8.11. The zero-order valence-electron chi connectivity index (χ0n) is 15.9. The maximum atomic E-state index is 14.5. The van der Waals surface area contributed by atoms with E-state index in [-0.39, 0.29) is 40.0 Å². The van der Waals surface area contributed by atoms with Gasteiger partial charge in [-0.1, -0.05) is 0 Å². The Morgan fingerprint density at radius 2 is 1.93 bits per heavy atom. The lowest BCUT2D eigenvalue weighted by molar-refractivity contribution is 0.0524. The molecule has 0 aliphatic carbocycles. The molecule has 6 nitrogen and oxygen atoms in total. The van der Waals surface area contributed by atoms with E-state index in [4.69, 9.17) is 10.5 Å². The Kier molecular flexibility index (Phi) is 5.91. The number of ether oxygens (including phenoxy) is 1. The van der Waals surface area contributed by atoms with Crippen LogP contribution in [-0.2, 0) is 11.3 Å². The molecule has 158 valence electrons. The van der Waals surface area contributed by atoms with E-state index in [9.17, 15) is 27.9 Å². The summed E-state index contributed by atoms with van der Waals surface area (Å²) in [5.74, 6) is -4.29. The van der Waals surface area contributed by atoms with Gasteiger partial charge in [0.1, 0.15) is 11.4 Å². The van der Waals surface area contributed by atoms with Crippen LogP contribution in [-0.4, -0.2) is 22.2 Å². The third kappa shape index (κ3) is 3.35. The molecule has 0 unspecified atom stereocenters. The number of carbonyl (C=O) groups excluding carboxylic acids is 1. The Hall–Kier alpha value is -2.85. The van der Waals surface area contributed by atoms with Gasteiger partial charge in [-0.15, -0.1) is 0 Å². The number of fused-ring (bicyclic) bond motifs is 1. The van der Waals surface area contributed by atoms with Crippen molar-refractivity contribution in [1.82, 2.24) is 4.57 Å². The van der Waals surface area contributed by atoms with Crippen molar-refractivity contribution < 1.29 is 27.8 Å². The highest BCUT2D eigenvalue weighted by atomic mass is 79.9. The smallest absolute Gasteiger partial charge is 0.343 e. The number of aromatic nitrogens is 1. The van der Waals surface area contributed by atoms with E-state index in [2.05, 4.69) is 15.9 Å². The van der Waals surface area contributed by atoms with Gasteiger partial charge in [-0.2, -0.15) is 0 Å². The molecular formula is C20H16BrF3N2O4. The lowest BCUT2D eigenvalue weighted by atomic mass is 10.0. The van der Waals surface area contributed by atoms with Crippen molar-refractivity contribution in [1.29, 1.82) is 0 Å². The van der Waals surface area contributed by atoms with Gasteiger partial charge in [0.2, 0.25) is 5.43 Å². The first kappa shape index (κ1) is 21.8. The third-order valence-corrected chi connectivity index (χ3v) is 5.36. The first-order valence-corrected chi connectivity index (χ1v) is 9.51. The Bertz CT molecular complexity index is 1260. The van der Waals surface area contributed by atoms with Gasteiger partial charge in [0.05, 0.1) is 40.0 Å². The summed E-state index contributed by atoms with van der Waals surface area (Å²) in [4.78, 5) is 25.3. The van der Waals surface area contributed by atoms with Gasteiger partial charge >= 0.3 is 5.97 Å². The van der Waals surface area contributed by atoms with E-state index in [1.54, 1.807) is 0 Å². The highest BCUT2D eigenvalue weighted by Crippen LogP contribution is 2.33. The molecule has 0 saturated heterocycles. The number of anilines is 1. The monoisotopic (exact) mass is 484 g/mol. The quantitative estimate of drug-likeness (QED) is 0.334. The Morgan fingerprint density at radius 3 is 2.53 bits per heavy atom. The van der Waals surface area contributed by atoms with Crippen LogP contribution in [0.15, 0.2) is 27.6 Å². The highest BCUT2D eigenvalue weighted by Gasteiger charge is 2.26. The van der Waals surface area contributed by atoms with Gasteiger partial charge in [-0.3, -0.25) is 4.79 Å². The van der Waals surface area contributed by atoms with Crippen LogP contribution in [0.5, 0.6) is 0 Å². The molecule has 0 saturated carbocycles. The third-order valence-electron chi connectivity index (χ3n) is 4.62. The number of aliphatic hydroxyl groups excluding tert-OH is 1. The number of esters is 1. The SMILES string of the molecule is CCOC(=O)c1cn(-c2cc(N)c(F)cc2CO)c2c(C)c(F)c(F)c(Br)c2c1=O. The van der Waals surface area contributed by atoms with Crippen LogP contribution >= 0.6 is 15.9 Å². The van der Waals surface area contributed by atoms with E-state index >= 15 is 0 Å². The van der Waals surface area contributed by atoms with Gasteiger partial charge in [0.15, 0.2) is 11.6 Å². The number of rotatable bonds is 4. The van der Waals surface area contributed by atoms with Crippen molar-refractivity contribution in [2.75, 3.05) is 12.3 Å². The number of aryl methyl sites for hydroxylation is 1. The summed E-state index contributed by atoms with van der Waals surface area (Å²) < 4.78 is 48.4. The summed E-state index contributed by atoms with van der Waals surface area (Å²) in [6.07, 6.45) is 1.07. The molecule has 0 spiro atoms. The summed E-state index contributed by atoms with van der Waals surface area (Å²) in [6.45, 7) is 2.13. The van der Waals surface area contributed by atoms with E-state index in [1.165, 1.54) is 18.4 Å². The molecular weight excluding hydrogens is 469 g/mol. The van der Waals surface area contributed by atoms with Crippen LogP contribution in [0.25, 0.3) is 16.6 Å². The molecule has 0 aliphatic heterocycles. The van der Waals surface area contributed by atoms with Crippen LogP contribution in [0, 0.1) is 24.4 Å². The number of nitrogen functional groups attached to an aromatic ring is 1. The van der Waals surface area contributed by atoms with Gasteiger partial charge in [-0.25, -0.2) is 18.0 Å². The molecule has 0 fully saturated rings. The van der Waals surface area contributed by atoms with Crippen molar-refractivity contribution in [2.24, 2.45) is 0 Å². The molecule has 3 N–H and O–H groups in total. The number of hydrogen-bond donors (Lipinski definition) is 2. The number of aliphatic hydroxyl groups is 1. The molecule has 2 aromatic carbocycles. The first-order chi connectivity index (χ1) is 14.1. The fraction of sp³-hybridized carbons (Fsp3) is 0.200. The minimum atomic E-state index is -1.30. The lowest BCUT2D eigenvalue weighted by Crippen LogP contribution is -2.22. The number of hydrogen-bond acceptors (Lipinski definition) is 5. The number of pyridine rings is 1. The minimum Gasteiger partial charge on any atom is -0.462 e. The first-order valence-electron chi connectivity index (χ1n) is 8.72. The molecule has 0 amide bonds. The minimum absolute atomic E-state index is 0.0281. The molecule has 0 radical (unpaired) electrons. The second-order valence-corrected chi connectivity index (χ2v) is 7.21. The van der Waals surface area contributed by atoms with Crippen LogP contribution in [0.1, 0.15) is 28.4 Å². The highest BCUT2D eigenvalue weighted by molar-refractivity contribution is 9.10. The maximum absolute atomic E-state index is 14.5. The van der Waals surface area contributed by atoms with Gasteiger partial charge < -0.3 is 20.1 Å². The summed E-state index contributed by atoms with van der Waals surface area (Å²) in [5.41, 5.74) is 3.84. The number of carbonyl (C=O) groups is 1. The number of halogens is 4. The van der Waals surface area contributed by atoms with Gasteiger partial charge in [0.25, 0.3) is 0 Å². The lowest BCUT2D eigenvalue weighted by Gasteiger charge is -2.19. The zero-order valence-corrected chi connectivity index (χ0v) is 17.4. The largest absolute Gasteiger partial charge is 0.462 e. The zero-order chi connectivity index (χ0) is 22.3. The van der Waals surface area contributed by atoms with Crippen LogP contribution in [0.4, 0.5) is 18.9 Å². The maximum Gasteiger partial charge on any atom is 0.343 e. The molecule has 10 heteroatoms. The van der Waals surface area contributed by atoms with E-state index in [1.807, 2.05) is 0 Å². The number of benzene rings is 2. The Balaban J connectivity index is 2.60. The molecule has 0 bridgehead atoms. The summed E-state index contributed by atoms with van der Waals surface area (Å²) in [5, 5.41) is 9.37. The Labute approximate surface area is 176 Å². The molecule has 30 heavy (non-hydrogen) atoms. The molecule has 3 rings (SSSR count). The summed E-state index contributed by atoms with van der Waals surface area (Å²) in [6, 6.07) is 2.14. The van der Waals surface area contributed by atoms with Gasteiger partial charge in [-0.05, 0) is 41.9 Å². The number of nitrogens with two attached hydrogens (primary N) is 1. The molecule has 0 atom stereocenters. The summed E-state index contributed by atoms with van der Waals surface area (Å²) >= 11 is 2.89. The molecule has 1 heterocycles. The molecule has 1 aromatic heterocycles. The van der Waals surface area contributed by atoms with E-state index < -0.39 is 45.5 Å². The topological polar surface area (TPSA) is 94.6 Å². The fourth-order valence-electron chi connectivity index (χ4n) is 3.18. The van der Waals surface area contributed by atoms with Crippen molar-refractivity contribution >= 4 is 38.5 Å². The fourth-order valence-corrected chi connectivity index (χ4v) is 3.72. The second-order valence-electron chi connectivity index (χ2n) is 6.41. The Morgan fingerprint density at radius 1 is 1.27 bits per heavy atom.